The lowest BCUT2D eigenvalue weighted by Crippen LogP contribution is -2.39. The highest BCUT2D eigenvalue weighted by atomic mass is 16.5. The SMILES string of the molecule is CCNC(=O)CN=C(NCC)NCCCOCC1CCCO1. The maximum absolute atomic E-state index is 11.4. The zero-order valence-corrected chi connectivity index (χ0v) is 13.8. The average molecular weight is 314 g/mol. The van der Waals surface area contributed by atoms with E-state index >= 15 is 0 Å². The standard InChI is InChI=1S/C15H30N4O3/c1-3-16-14(20)11-19-15(17-4-2)18-8-6-9-21-12-13-7-5-10-22-13/h13H,3-12H2,1-2H3,(H,16,20)(H2,17,18,19). The van der Waals surface area contributed by atoms with Crippen LogP contribution in [0.4, 0.5) is 0 Å². The number of hydrogen-bond acceptors (Lipinski definition) is 4. The van der Waals surface area contributed by atoms with Crippen LogP contribution in [0, 0.1) is 0 Å². The fraction of sp³-hybridized carbons (Fsp3) is 0.867. The van der Waals surface area contributed by atoms with E-state index in [0.29, 0.717) is 25.7 Å². The Morgan fingerprint density at radius 2 is 2.09 bits per heavy atom. The van der Waals surface area contributed by atoms with Crippen molar-refractivity contribution in [3.8, 4) is 0 Å². The lowest BCUT2D eigenvalue weighted by atomic mass is 10.2. The van der Waals surface area contributed by atoms with Crippen LogP contribution in [0.15, 0.2) is 4.99 Å². The van der Waals surface area contributed by atoms with E-state index in [1.807, 2.05) is 13.8 Å². The van der Waals surface area contributed by atoms with Gasteiger partial charge in [0.15, 0.2) is 5.96 Å². The van der Waals surface area contributed by atoms with E-state index in [1.54, 1.807) is 0 Å². The molecule has 1 unspecified atom stereocenters. The summed E-state index contributed by atoms with van der Waals surface area (Å²) in [5.74, 6) is 0.590. The van der Waals surface area contributed by atoms with Crippen molar-refractivity contribution in [2.75, 3.05) is 46.0 Å². The van der Waals surface area contributed by atoms with Gasteiger partial charge in [-0.05, 0) is 33.1 Å². The maximum atomic E-state index is 11.4. The van der Waals surface area contributed by atoms with Crippen LogP contribution in [0.25, 0.3) is 0 Å². The Hall–Kier alpha value is -1.34. The molecule has 0 spiro atoms. The van der Waals surface area contributed by atoms with Crippen molar-refractivity contribution in [3.63, 3.8) is 0 Å². The molecule has 7 nitrogen and oxygen atoms in total. The van der Waals surface area contributed by atoms with E-state index in [0.717, 1.165) is 39.0 Å². The van der Waals surface area contributed by atoms with Crippen molar-refractivity contribution in [1.29, 1.82) is 0 Å². The van der Waals surface area contributed by atoms with E-state index < -0.39 is 0 Å². The summed E-state index contributed by atoms with van der Waals surface area (Å²) in [6, 6.07) is 0. The number of guanidine groups is 1. The van der Waals surface area contributed by atoms with Crippen molar-refractivity contribution in [1.82, 2.24) is 16.0 Å². The van der Waals surface area contributed by atoms with Crippen LogP contribution >= 0.6 is 0 Å². The highest BCUT2D eigenvalue weighted by molar-refractivity contribution is 5.84. The lowest BCUT2D eigenvalue weighted by Gasteiger charge is -2.12. The summed E-state index contributed by atoms with van der Waals surface area (Å²) in [7, 11) is 0. The summed E-state index contributed by atoms with van der Waals surface area (Å²) >= 11 is 0. The molecule has 0 saturated carbocycles. The number of nitrogens with one attached hydrogen (secondary N) is 3. The fourth-order valence-corrected chi connectivity index (χ4v) is 2.12. The molecule has 0 aromatic rings. The molecule has 22 heavy (non-hydrogen) atoms. The van der Waals surface area contributed by atoms with Gasteiger partial charge in [0.2, 0.25) is 5.91 Å². The minimum atomic E-state index is -0.0698. The molecule has 1 fully saturated rings. The van der Waals surface area contributed by atoms with Gasteiger partial charge in [0.25, 0.3) is 0 Å². The number of carbonyl (C=O) groups is 1. The van der Waals surface area contributed by atoms with Gasteiger partial charge in [-0.15, -0.1) is 0 Å². The summed E-state index contributed by atoms with van der Waals surface area (Å²) in [5, 5.41) is 9.03. The zero-order chi connectivity index (χ0) is 16.0. The Kier molecular flexibility index (Phi) is 10.4. The molecular weight excluding hydrogens is 284 g/mol. The average Bonchev–Trinajstić information content (AvgIpc) is 3.01. The minimum absolute atomic E-state index is 0.0698. The van der Waals surface area contributed by atoms with Gasteiger partial charge in [0.1, 0.15) is 6.54 Å². The molecule has 1 amide bonds. The van der Waals surface area contributed by atoms with Crippen molar-refractivity contribution in [2.45, 2.75) is 39.2 Å². The van der Waals surface area contributed by atoms with E-state index in [1.165, 1.54) is 0 Å². The van der Waals surface area contributed by atoms with Gasteiger partial charge in [0.05, 0.1) is 12.7 Å². The summed E-state index contributed by atoms with van der Waals surface area (Å²) < 4.78 is 11.1. The first-order valence-electron chi connectivity index (χ1n) is 8.24. The number of ether oxygens (including phenoxy) is 2. The molecule has 128 valence electrons. The Balaban J connectivity index is 2.09. The predicted octanol–water partition coefficient (Wildman–Crippen LogP) is 0.263. The molecule has 1 heterocycles. The molecule has 0 aliphatic carbocycles. The molecule has 0 radical (unpaired) electrons. The lowest BCUT2D eigenvalue weighted by molar-refractivity contribution is -0.119. The van der Waals surface area contributed by atoms with Crippen LogP contribution in [0.1, 0.15) is 33.1 Å². The Morgan fingerprint density at radius 3 is 2.77 bits per heavy atom. The fourth-order valence-electron chi connectivity index (χ4n) is 2.12. The van der Waals surface area contributed by atoms with Crippen molar-refractivity contribution >= 4 is 11.9 Å². The molecule has 1 saturated heterocycles. The number of rotatable bonds is 10. The van der Waals surface area contributed by atoms with E-state index in [-0.39, 0.29) is 18.6 Å². The third-order valence-electron chi connectivity index (χ3n) is 3.18. The van der Waals surface area contributed by atoms with Crippen molar-refractivity contribution in [2.24, 2.45) is 4.99 Å². The number of hydrogen-bond donors (Lipinski definition) is 3. The molecule has 0 bridgehead atoms. The maximum Gasteiger partial charge on any atom is 0.241 e. The molecule has 1 aliphatic heterocycles. The highest BCUT2D eigenvalue weighted by Crippen LogP contribution is 2.11. The molecule has 7 heteroatoms. The Bertz CT molecular complexity index is 331. The number of likely N-dealkylation sites (N-methyl/N-ethyl adjacent to an activating group) is 1. The molecular formula is C15H30N4O3. The second-order valence-corrected chi connectivity index (χ2v) is 5.14. The molecule has 1 atom stereocenters. The van der Waals surface area contributed by atoms with Gasteiger partial charge in [-0.3, -0.25) is 4.79 Å². The Labute approximate surface area is 133 Å². The normalized spacial score (nSPS) is 18.3. The monoisotopic (exact) mass is 314 g/mol. The zero-order valence-electron chi connectivity index (χ0n) is 13.8. The second kappa shape index (κ2) is 12.2. The van der Waals surface area contributed by atoms with Crippen LogP contribution in [0.5, 0.6) is 0 Å². The number of nitrogens with zero attached hydrogens (tertiary/aromatic N) is 1. The van der Waals surface area contributed by atoms with Gasteiger partial charge < -0.3 is 25.4 Å². The summed E-state index contributed by atoms with van der Waals surface area (Å²) in [6.07, 6.45) is 3.42. The molecule has 0 aromatic carbocycles. The smallest absolute Gasteiger partial charge is 0.241 e. The van der Waals surface area contributed by atoms with E-state index in [2.05, 4.69) is 20.9 Å². The summed E-state index contributed by atoms with van der Waals surface area (Å²) in [5.41, 5.74) is 0. The summed E-state index contributed by atoms with van der Waals surface area (Å²) in [4.78, 5) is 15.6. The highest BCUT2D eigenvalue weighted by Gasteiger charge is 2.14. The van der Waals surface area contributed by atoms with E-state index in [4.69, 9.17) is 9.47 Å². The molecule has 0 aromatic heterocycles. The van der Waals surface area contributed by atoms with Crippen LogP contribution < -0.4 is 16.0 Å². The largest absolute Gasteiger partial charge is 0.379 e. The first kappa shape index (κ1) is 18.7. The second-order valence-electron chi connectivity index (χ2n) is 5.14. The van der Waals surface area contributed by atoms with Crippen LogP contribution in [-0.2, 0) is 14.3 Å². The Morgan fingerprint density at radius 1 is 1.27 bits per heavy atom. The predicted molar refractivity (Wildman–Crippen MR) is 87.1 cm³/mol. The van der Waals surface area contributed by atoms with Crippen LogP contribution in [0.2, 0.25) is 0 Å². The molecule has 3 N–H and O–H groups in total. The third kappa shape index (κ3) is 8.84. The first-order chi connectivity index (χ1) is 10.8. The number of amides is 1. The molecule has 1 rings (SSSR count). The quantitative estimate of drug-likeness (QED) is 0.306. The summed E-state index contributed by atoms with van der Waals surface area (Å²) in [6.45, 7) is 8.41. The van der Waals surface area contributed by atoms with Gasteiger partial charge >= 0.3 is 0 Å². The van der Waals surface area contributed by atoms with Crippen molar-refractivity contribution in [3.05, 3.63) is 0 Å². The number of carbonyl (C=O) groups excluding carboxylic acids is 1. The van der Waals surface area contributed by atoms with Gasteiger partial charge in [-0.25, -0.2) is 4.99 Å². The van der Waals surface area contributed by atoms with E-state index in [9.17, 15) is 4.79 Å². The van der Waals surface area contributed by atoms with Gasteiger partial charge in [-0.1, -0.05) is 0 Å². The van der Waals surface area contributed by atoms with Gasteiger partial charge in [0, 0.05) is 32.8 Å². The van der Waals surface area contributed by atoms with Gasteiger partial charge in [-0.2, -0.15) is 0 Å². The molecule has 1 aliphatic rings. The minimum Gasteiger partial charge on any atom is -0.379 e. The van der Waals surface area contributed by atoms with Crippen LogP contribution in [-0.4, -0.2) is 64.0 Å². The van der Waals surface area contributed by atoms with Crippen molar-refractivity contribution < 1.29 is 14.3 Å². The topological polar surface area (TPSA) is 84.0 Å². The third-order valence-corrected chi connectivity index (χ3v) is 3.18. The number of aliphatic imine (C=N–C) groups is 1. The van der Waals surface area contributed by atoms with Crippen LogP contribution in [0.3, 0.4) is 0 Å². The first-order valence-corrected chi connectivity index (χ1v) is 8.24.